The van der Waals surface area contributed by atoms with Crippen LogP contribution < -0.4 is 5.32 Å². The Morgan fingerprint density at radius 2 is 2.11 bits per heavy atom. The molecule has 1 aromatic carbocycles. The number of anilines is 1. The molecule has 0 amide bonds. The van der Waals surface area contributed by atoms with Crippen LogP contribution in [-0.4, -0.2) is 19.3 Å². The molecule has 0 spiro atoms. The first-order valence-electron chi connectivity index (χ1n) is 5.81. The molecule has 2 rings (SSSR count). The van der Waals surface area contributed by atoms with Crippen molar-refractivity contribution in [2.45, 2.75) is 31.5 Å². The molecule has 18 heavy (non-hydrogen) atoms. The van der Waals surface area contributed by atoms with Crippen molar-refractivity contribution in [2.75, 3.05) is 19.0 Å². The second-order valence-electron chi connectivity index (χ2n) is 4.99. The zero-order valence-corrected chi connectivity index (χ0v) is 10.4. The van der Waals surface area contributed by atoms with Gasteiger partial charge in [-0.05, 0) is 37.5 Å². The molecule has 0 radical (unpaired) electrons. The Kier molecular flexibility index (Phi) is 3.27. The lowest BCUT2D eigenvalue weighted by molar-refractivity contribution is -0.137. The average molecular weight is 259 g/mol. The third-order valence-corrected chi connectivity index (χ3v) is 3.28. The molecular weight excluding hydrogens is 243 g/mol. The highest BCUT2D eigenvalue weighted by Gasteiger charge is 2.34. The van der Waals surface area contributed by atoms with Gasteiger partial charge in [-0.15, -0.1) is 0 Å². The minimum Gasteiger partial charge on any atom is -0.382 e. The van der Waals surface area contributed by atoms with Crippen molar-refractivity contribution < 1.29 is 17.9 Å². The summed E-state index contributed by atoms with van der Waals surface area (Å²) in [6, 6.07) is 3.87. The maximum atomic E-state index is 12.6. The number of hydrogen-bond donors (Lipinski definition) is 1. The molecule has 100 valence electrons. The van der Waals surface area contributed by atoms with Gasteiger partial charge in [0.25, 0.3) is 0 Å². The summed E-state index contributed by atoms with van der Waals surface area (Å²) >= 11 is 0. The van der Waals surface area contributed by atoms with Crippen molar-refractivity contribution >= 4 is 5.69 Å². The molecule has 1 heterocycles. The monoisotopic (exact) mass is 259 g/mol. The quantitative estimate of drug-likeness (QED) is 0.878. The maximum absolute atomic E-state index is 12.6. The standard InChI is InChI=1S/C13H16F3NO/c1-12(8-18-2)6-5-9-3-4-10(13(14,15)16)7-11(9)17-12/h3-4,7,17H,5-6,8H2,1-2H3. The van der Waals surface area contributed by atoms with Crippen LogP contribution in [0.15, 0.2) is 18.2 Å². The predicted molar refractivity (Wildman–Crippen MR) is 63.7 cm³/mol. The van der Waals surface area contributed by atoms with E-state index in [2.05, 4.69) is 5.32 Å². The molecule has 0 saturated carbocycles. The molecule has 1 N–H and O–H groups in total. The summed E-state index contributed by atoms with van der Waals surface area (Å²) < 4.78 is 43.1. The van der Waals surface area contributed by atoms with Crippen molar-refractivity contribution in [1.82, 2.24) is 0 Å². The highest BCUT2D eigenvalue weighted by molar-refractivity contribution is 5.57. The lowest BCUT2D eigenvalue weighted by atomic mass is 9.88. The number of halogens is 3. The highest BCUT2D eigenvalue weighted by Crippen LogP contribution is 2.36. The van der Waals surface area contributed by atoms with Crippen molar-refractivity contribution in [1.29, 1.82) is 0 Å². The van der Waals surface area contributed by atoms with Crippen molar-refractivity contribution in [2.24, 2.45) is 0 Å². The molecule has 5 heteroatoms. The van der Waals surface area contributed by atoms with Crippen LogP contribution in [0.3, 0.4) is 0 Å². The minimum absolute atomic E-state index is 0.300. The van der Waals surface area contributed by atoms with Crippen LogP contribution in [0.4, 0.5) is 18.9 Å². The fourth-order valence-electron chi connectivity index (χ4n) is 2.31. The van der Waals surface area contributed by atoms with E-state index < -0.39 is 11.7 Å². The van der Waals surface area contributed by atoms with Gasteiger partial charge in [-0.1, -0.05) is 6.07 Å². The fraction of sp³-hybridized carbons (Fsp3) is 0.538. The van der Waals surface area contributed by atoms with E-state index in [0.29, 0.717) is 12.3 Å². The molecular formula is C13H16F3NO. The van der Waals surface area contributed by atoms with Gasteiger partial charge in [-0.25, -0.2) is 0 Å². The fourth-order valence-corrected chi connectivity index (χ4v) is 2.31. The molecule has 0 saturated heterocycles. The summed E-state index contributed by atoms with van der Waals surface area (Å²) in [4.78, 5) is 0. The SMILES string of the molecule is COCC1(C)CCc2ccc(C(F)(F)F)cc2N1. The molecule has 1 atom stereocenters. The molecule has 0 bridgehead atoms. The zero-order valence-electron chi connectivity index (χ0n) is 10.4. The number of nitrogens with one attached hydrogen (secondary N) is 1. The molecule has 1 aromatic rings. The lowest BCUT2D eigenvalue weighted by Gasteiger charge is -2.36. The minimum atomic E-state index is -4.30. The van der Waals surface area contributed by atoms with E-state index in [1.807, 2.05) is 6.92 Å². The molecule has 1 aliphatic heterocycles. The molecule has 1 unspecified atom stereocenters. The third kappa shape index (κ3) is 2.61. The number of benzene rings is 1. The van der Waals surface area contributed by atoms with Crippen LogP contribution in [0.1, 0.15) is 24.5 Å². The summed E-state index contributed by atoms with van der Waals surface area (Å²) in [5.74, 6) is 0. The van der Waals surface area contributed by atoms with Crippen LogP contribution in [0, 0.1) is 0 Å². The first-order chi connectivity index (χ1) is 8.34. The second-order valence-corrected chi connectivity index (χ2v) is 4.99. The lowest BCUT2D eigenvalue weighted by Crippen LogP contribution is -2.42. The van der Waals surface area contributed by atoms with Crippen LogP contribution in [-0.2, 0) is 17.3 Å². The van der Waals surface area contributed by atoms with Crippen molar-refractivity contribution in [3.05, 3.63) is 29.3 Å². The summed E-state index contributed by atoms with van der Waals surface area (Å²) in [7, 11) is 1.59. The van der Waals surface area contributed by atoms with E-state index in [1.54, 1.807) is 13.2 Å². The summed E-state index contributed by atoms with van der Waals surface area (Å²) in [6.45, 7) is 2.43. The van der Waals surface area contributed by atoms with E-state index >= 15 is 0 Å². The Morgan fingerprint density at radius 3 is 2.72 bits per heavy atom. The van der Waals surface area contributed by atoms with Gasteiger partial charge in [0.05, 0.1) is 17.7 Å². The number of ether oxygens (including phenoxy) is 1. The number of aryl methyl sites for hydroxylation is 1. The number of methoxy groups -OCH3 is 1. The largest absolute Gasteiger partial charge is 0.416 e. The molecule has 0 fully saturated rings. The normalized spacial score (nSPS) is 23.4. The predicted octanol–water partition coefficient (Wildman–Crippen LogP) is 3.47. The van der Waals surface area contributed by atoms with Crippen molar-refractivity contribution in [3.63, 3.8) is 0 Å². The summed E-state index contributed by atoms with van der Waals surface area (Å²) in [6.07, 6.45) is -2.69. The smallest absolute Gasteiger partial charge is 0.382 e. The van der Waals surface area contributed by atoms with Gasteiger partial charge < -0.3 is 10.1 Å². The average Bonchev–Trinajstić information content (AvgIpc) is 2.26. The van der Waals surface area contributed by atoms with Gasteiger partial charge in [-0.3, -0.25) is 0 Å². The molecule has 2 nitrogen and oxygen atoms in total. The number of fused-ring (bicyclic) bond motifs is 1. The van der Waals surface area contributed by atoms with Gasteiger partial charge in [0, 0.05) is 12.8 Å². The first-order valence-corrected chi connectivity index (χ1v) is 5.81. The Labute approximate surface area is 104 Å². The van der Waals surface area contributed by atoms with E-state index in [1.165, 1.54) is 6.07 Å². The molecule has 1 aliphatic rings. The Hall–Kier alpha value is -1.23. The topological polar surface area (TPSA) is 21.3 Å². The second kappa shape index (κ2) is 4.46. The first kappa shape index (κ1) is 13.2. The summed E-state index contributed by atoms with van der Waals surface area (Å²) in [5, 5.41) is 3.16. The van der Waals surface area contributed by atoms with E-state index in [0.717, 1.165) is 24.5 Å². The molecule has 0 aliphatic carbocycles. The van der Waals surface area contributed by atoms with Gasteiger partial charge in [0.2, 0.25) is 0 Å². The zero-order chi connectivity index (χ0) is 13.4. The maximum Gasteiger partial charge on any atom is 0.416 e. The van der Waals surface area contributed by atoms with Gasteiger partial charge >= 0.3 is 6.18 Å². The van der Waals surface area contributed by atoms with Gasteiger partial charge in [0.1, 0.15) is 0 Å². The van der Waals surface area contributed by atoms with E-state index in [9.17, 15) is 13.2 Å². The Bertz CT molecular complexity index is 444. The number of alkyl halides is 3. The van der Waals surface area contributed by atoms with Gasteiger partial charge in [0.15, 0.2) is 0 Å². The Balaban J connectivity index is 2.30. The summed E-state index contributed by atoms with van der Waals surface area (Å²) in [5.41, 5.74) is 0.578. The third-order valence-electron chi connectivity index (χ3n) is 3.28. The number of rotatable bonds is 2. The molecule has 0 aromatic heterocycles. The van der Waals surface area contributed by atoms with Crippen LogP contribution in [0.2, 0.25) is 0 Å². The van der Waals surface area contributed by atoms with Crippen LogP contribution in [0.25, 0.3) is 0 Å². The Morgan fingerprint density at radius 1 is 1.39 bits per heavy atom. The van der Waals surface area contributed by atoms with Crippen LogP contribution in [0.5, 0.6) is 0 Å². The van der Waals surface area contributed by atoms with Gasteiger partial charge in [-0.2, -0.15) is 13.2 Å². The highest BCUT2D eigenvalue weighted by atomic mass is 19.4. The van der Waals surface area contributed by atoms with Crippen molar-refractivity contribution in [3.8, 4) is 0 Å². The van der Waals surface area contributed by atoms with Crippen LogP contribution >= 0.6 is 0 Å². The van der Waals surface area contributed by atoms with E-state index in [-0.39, 0.29) is 5.54 Å². The number of hydrogen-bond acceptors (Lipinski definition) is 2. The van der Waals surface area contributed by atoms with E-state index in [4.69, 9.17) is 4.74 Å².